The number of hydrogen-bond acceptors (Lipinski definition) is 6. The number of esters is 1. The largest absolute Gasteiger partial charge is 0.478 e. The van der Waals surface area contributed by atoms with Crippen molar-refractivity contribution in [1.82, 2.24) is 5.43 Å². The summed E-state index contributed by atoms with van der Waals surface area (Å²) in [5, 5.41) is 18.0. The third-order valence-electron chi connectivity index (χ3n) is 4.35. The van der Waals surface area contributed by atoms with E-state index in [1.807, 2.05) is 0 Å². The van der Waals surface area contributed by atoms with E-state index in [0.717, 1.165) is 0 Å². The number of carbonyl (C=O) groups is 3. The van der Waals surface area contributed by atoms with Gasteiger partial charge in [0.15, 0.2) is 5.75 Å². The van der Waals surface area contributed by atoms with Gasteiger partial charge in [-0.2, -0.15) is 5.10 Å². The number of carboxylic acid groups (broad SMARTS) is 1. The monoisotopic (exact) mass is 539 g/mol. The van der Waals surface area contributed by atoms with E-state index in [1.165, 1.54) is 36.5 Å². The standard InChI is InChI=1S/C22H16Cl3N3O5S/c1-10(27-28-22(32)26-13-4-5-14(21(30)31)17(24)8-13)15-9-34-20(19(15)33-11(2)29)12-3-6-16(23)18(25)7-12/h3-9H,1-2H3,(H,30,31)(H2,26,28,32). The predicted molar refractivity (Wildman–Crippen MR) is 134 cm³/mol. The Bertz CT molecular complexity index is 1320. The van der Waals surface area contributed by atoms with Gasteiger partial charge in [-0.05, 0) is 42.8 Å². The minimum Gasteiger partial charge on any atom is -0.478 e. The third-order valence-corrected chi connectivity index (χ3v) is 6.41. The van der Waals surface area contributed by atoms with Crippen molar-refractivity contribution in [2.45, 2.75) is 13.8 Å². The summed E-state index contributed by atoms with van der Waals surface area (Å²) in [6, 6.07) is 8.33. The van der Waals surface area contributed by atoms with Gasteiger partial charge in [0.1, 0.15) is 0 Å². The highest BCUT2D eigenvalue weighted by Gasteiger charge is 2.20. The Kier molecular flexibility index (Phi) is 8.16. The Morgan fingerprint density at radius 2 is 1.71 bits per heavy atom. The SMILES string of the molecule is CC(=O)Oc1c(C(C)=NNC(=O)Nc2ccc(C(=O)O)c(Cl)c2)csc1-c1ccc(Cl)c(Cl)c1. The summed E-state index contributed by atoms with van der Waals surface area (Å²) < 4.78 is 5.43. The molecular weight excluding hydrogens is 525 g/mol. The molecule has 2 amide bonds. The molecule has 1 aromatic heterocycles. The first-order valence-electron chi connectivity index (χ1n) is 9.46. The Hall–Kier alpha value is -3.11. The molecule has 0 fully saturated rings. The predicted octanol–water partition coefficient (Wildman–Crippen LogP) is 6.54. The highest BCUT2D eigenvalue weighted by atomic mass is 35.5. The highest BCUT2D eigenvalue weighted by molar-refractivity contribution is 7.14. The van der Waals surface area contributed by atoms with E-state index in [2.05, 4.69) is 15.8 Å². The number of hydrogen-bond donors (Lipinski definition) is 3. The van der Waals surface area contributed by atoms with Crippen LogP contribution in [-0.2, 0) is 4.79 Å². The molecule has 0 aliphatic heterocycles. The molecule has 0 unspecified atom stereocenters. The molecular formula is C22H16Cl3N3O5S. The fourth-order valence-electron chi connectivity index (χ4n) is 2.80. The van der Waals surface area contributed by atoms with E-state index in [9.17, 15) is 14.4 Å². The fraction of sp³-hybridized carbons (Fsp3) is 0.0909. The van der Waals surface area contributed by atoms with Crippen molar-refractivity contribution >= 4 is 75.5 Å². The maximum atomic E-state index is 12.2. The molecule has 0 spiro atoms. The lowest BCUT2D eigenvalue weighted by Gasteiger charge is -2.09. The van der Waals surface area contributed by atoms with Gasteiger partial charge in [-0.1, -0.05) is 40.9 Å². The van der Waals surface area contributed by atoms with Gasteiger partial charge in [0, 0.05) is 18.0 Å². The molecule has 1 heterocycles. The molecule has 3 N–H and O–H groups in total. The van der Waals surface area contributed by atoms with Crippen LogP contribution in [0.25, 0.3) is 10.4 Å². The van der Waals surface area contributed by atoms with Crippen LogP contribution in [0.3, 0.4) is 0 Å². The topological polar surface area (TPSA) is 117 Å². The number of halogens is 3. The van der Waals surface area contributed by atoms with Crippen molar-refractivity contribution in [3.8, 4) is 16.2 Å². The lowest BCUT2D eigenvalue weighted by molar-refractivity contribution is -0.131. The van der Waals surface area contributed by atoms with E-state index in [0.29, 0.717) is 31.8 Å². The number of thiophene rings is 1. The van der Waals surface area contributed by atoms with Crippen LogP contribution in [0.2, 0.25) is 15.1 Å². The smallest absolute Gasteiger partial charge is 0.339 e. The van der Waals surface area contributed by atoms with Gasteiger partial charge in [-0.15, -0.1) is 11.3 Å². The number of nitrogens with zero attached hydrogens (tertiary/aromatic N) is 1. The Labute approximate surface area is 213 Å². The van der Waals surface area contributed by atoms with Crippen LogP contribution in [0.4, 0.5) is 10.5 Å². The number of aromatic carboxylic acids is 1. The van der Waals surface area contributed by atoms with Crippen LogP contribution < -0.4 is 15.5 Å². The van der Waals surface area contributed by atoms with Crippen molar-refractivity contribution in [1.29, 1.82) is 0 Å². The maximum Gasteiger partial charge on any atom is 0.339 e. The van der Waals surface area contributed by atoms with Crippen LogP contribution in [0.5, 0.6) is 5.75 Å². The van der Waals surface area contributed by atoms with Gasteiger partial charge in [0.2, 0.25) is 0 Å². The third kappa shape index (κ3) is 6.06. The molecule has 0 radical (unpaired) electrons. The molecule has 12 heteroatoms. The molecule has 0 bridgehead atoms. The number of rotatable bonds is 6. The van der Waals surface area contributed by atoms with Crippen LogP contribution in [-0.4, -0.2) is 28.8 Å². The van der Waals surface area contributed by atoms with Gasteiger partial charge in [0.05, 0.1) is 36.8 Å². The number of amides is 2. The van der Waals surface area contributed by atoms with Crippen molar-refractivity contribution in [3.05, 3.63) is 68.0 Å². The van der Waals surface area contributed by atoms with E-state index in [4.69, 9.17) is 44.6 Å². The molecule has 8 nitrogen and oxygen atoms in total. The van der Waals surface area contributed by atoms with Gasteiger partial charge in [0.25, 0.3) is 0 Å². The zero-order chi connectivity index (χ0) is 25.0. The second kappa shape index (κ2) is 10.9. The lowest BCUT2D eigenvalue weighted by atomic mass is 10.1. The van der Waals surface area contributed by atoms with E-state index >= 15 is 0 Å². The first kappa shape index (κ1) is 25.5. The van der Waals surface area contributed by atoms with Crippen molar-refractivity contribution in [2.24, 2.45) is 5.10 Å². The molecule has 0 aliphatic rings. The normalized spacial score (nSPS) is 11.1. The van der Waals surface area contributed by atoms with Gasteiger partial charge in [-0.25, -0.2) is 15.0 Å². The second-order valence-electron chi connectivity index (χ2n) is 6.79. The van der Waals surface area contributed by atoms with Crippen LogP contribution in [0, 0.1) is 0 Å². The zero-order valence-electron chi connectivity index (χ0n) is 17.6. The molecule has 3 rings (SSSR count). The van der Waals surface area contributed by atoms with Crippen LogP contribution in [0.15, 0.2) is 46.9 Å². The van der Waals surface area contributed by atoms with E-state index in [1.54, 1.807) is 30.5 Å². The molecule has 3 aromatic rings. The number of benzene rings is 2. The summed E-state index contributed by atoms with van der Waals surface area (Å²) in [5.41, 5.74) is 4.09. The molecule has 0 aliphatic carbocycles. The Morgan fingerprint density at radius 3 is 2.32 bits per heavy atom. The van der Waals surface area contributed by atoms with Crippen molar-refractivity contribution < 1.29 is 24.2 Å². The quantitative estimate of drug-likeness (QED) is 0.186. The first-order valence-corrected chi connectivity index (χ1v) is 11.5. The number of nitrogens with one attached hydrogen (secondary N) is 2. The molecule has 0 atom stereocenters. The Morgan fingerprint density at radius 1 is 0.971 bits per heavy atom. The summed E-state index contributed by atoms with van der Waals surface area (Å²) in [7, 11) is 0. The summed E-state index contributed by atoms with van der Waals surface area (Å²) >= 11 is 19.3. The second-order valence-corrected chi connectivity index (χ2v) is 8.89. The number of hydrazone groups is 1. The number of carbonyl (C=O) groups excluding carboxylic acids is 2. The summed E-state index contributed by atoms with van der Waals surface area (Å²) in [4.78, 5) is 35.6. The van der Waals surface area contributed by atoms with Gasteiger partial charge >= 0.3 is 18.0 Å². The molecule has 0 saturated carbocycles. The minimum atomic E-state index is -1.18. The average molecular weight is 541 g/mol. The van der Waals surface area contributed by atoms with Gasteiger partial charge < -0.3 is 15.2 Å². The van der Waals surface area contributed by atoms with Crippen molar-refractivity contribution in [3.63, 3.8) is 0 Å². The summed E-state index contributed by atoms with van der Waals surface area (Å²) in [6.45, 7) is 2.91. The molecule has 2 aromatic carbocycles. The Balaban J connectivity index is 1.81. The average Bonchev–Trinajstić information content (AvgIpc) is 3.16. The molecule has 0 saturated heterocycles. The highest BCUT2D eigenvalue weighted by Crippen LogP contribution is 2.41. The summed E-state index contributed by atoms with van der Waals surface area (Å²) in [5.74, 6) is -1.43. The molecule has 34 heavy (non-hydrogen) atoms. The van der Waals surface area contributed by atoms with E-state index < -0.39 is 18.0 Å². The number of urea groups is 1. The fourth-order valence-corrected chi connectivity index (χ4v) is 4.39. The van der Waals surface area contributed by atoms with E-state index in [-0.39, 0.29) is 22.0 Å². The minimum absolute atomic E-state index is 0.0240. The molecule has 176 valence electrons. The van der Waals surface area contributed by atoms with Crippen LogP contribution in [0.1, 0.15) is 29.8 Å². The van der Waals surface area contributed by atoms with Gasteiger partial charge in [-0.3, -0.25) is 4.79 Å². The van der Waals surface area contributed by atoms with Crippen molar-refractivity contribution in [2.75, 3.05) is 5.32 Å². The van der Waals surface area contributed by atoms with Crippen LogP contribution >= 0.6 is 46.1 Å². The number of ether oxygens (including phenoxy) is 1. The lowest BCUT2D eigenvalue weighted by Crippen LogP contribution is -2.25. The summed E-state index contributed by atoms with van der Waals surface area (Å²) in [6.07, 6.45) is 0. The zero-order valence-corrected chi connectivity index (χ0v) is 20.7. The first-order chi connectivity index (χ1) is 16.1. The number of carboxylic acids is 1. The maximum absolute atomic E-state index is 12.2. The number of anilines is 1.